The van der Waals surface area contributed by atoms with E-state index >= 15 is 0 Å². The minimum absolute atomic E-state index is 0.0887. The van der Waals surface area contributed by atoms with E-state index in [1.54, 1.807) is 0 Å². The molecule has 0 radical (unpaired) electrons. The first-order valence-electron chi connectivity index (χ1n) is 15.7. The van der Waals surface area contributed by atoms with Crippen LogP contribution >= 0.6 is 0 Å². The number of carbonyl (C=O) groups excluding carboxylic acids is 3. The van der Waals surface area contributed by atoms with E-state index in [0.717, 1.165) is 96.3 Å². The van der Waals surface area contributed by atoms with Crippen molar-refractivity contribution in [1.82, 2.24) is 16.0 Å². The van der Waals surface area contributed by atoms with Crippen molar-refractivity contribution in [3.05, 3.63) is 0 Å². The Morgan fingerprint density at radius 1 is 0.561 bits per heavy atom. The van der Waals surface area contributed by atoms with Crippen molar-refractivity contribution >= 4 is 29.7 Å². The van der Waals surface area contributed by atoms with Gasteiger partial charge in [0.1, 0.15) is 12.1 Å². The van der Waals surface area contributed by atoms with Gasteiger partial charge in [-0.15, -0.1) is 0 Å². The van der Waals surface area contributed by atoms with E-state index in [-0.39, 0.29) is 17.7 Å². The van der Waals surface area contributed by atoms with E-state index in [9.17, 15) is 29.1 Å². The van der Waals surface area contributed by atoms with Crippen molar-refractivity contribution in [2.24, 2.45) is 5.73 Å². The van der Waals surface area contributed by atoms with Gasteiger partial charge in [-0.3, -0.25) is 19.2 Å². The van der Waals surface area contributed by atoms with Gasteiger partial charge in [0.25, 0.3) is 0 Å². The smallest absolute Gasteiger partial charge is 0.326 e. The topological polar surface area (TPSA) is 188 Å². The minimum atomic E-state index is -1.04. The van der Waals surface area contributed by atoms with Gasteiger partial charge in [-0.2, -0.15) is 0 Å². The molecule has 0 saturated heterocycles. The fraction of sp³-hybridized carbons (Fsp3) is 0.833. The van der Waals surface area contributed by atoms with Crippen molar-refractivity contribution in [2.45, 2.75) is 147 Å². The van der Waals surface area contributed by atoms with Crippen LogP contribution in [0.3, 0.4) is 0 Å². The predicted octanol–water partition coefficient (Wildman–Crippen LogP) is 4.02. The van der Waals surface area contributed by atoms with Crippen LogP contribution in [0, 0.1) is 0 Å². The van der Waals surface area contributed by atoms with E-state index in [1.165, 1.54) is 6.92 Å². The van der Waals surface area contributed by atoms with Crippen LogP contribution in [0.1, 0.15) is 135 Å². The fourth-order valence-electron chi connectivity index (χ4n) is 4.46. The van der Waals surface area contributed by atoms with E-state index in [2.05, 4.69) is 16.0 Å². The molecular weight excluding hydrogens is 528 g/mol. The second-order valence-corrected chi connectivity index (χ2v) is 10.9. The lowest BCUT2D eigenvalue weighted by atomic mass is 10.1. The first-order chi connectivity index (χ1) is 19.7. The standard InChI is InChI=1S/C30H56N4O7/c1-24(29(38)39)33-27(36)20-13-10-7-9-12-19-26(35)32-23-17-11-6-4-2-3-5-8-14-21-28(37)34-25(30(40)41)18-15-16-22-31/h24-25H,2-23,31H2,1H3,(H,32,35)(H,33,36)(H,34,37)(H,38,39)(H,40,41)/t24-,25-/m0/s1. The van der Waals surface area contributed by atoms with E-state index in [1.807, 2.05) is 0 Å². The molecule has 0 spiro atoms. The molecule has 0 aromatic heterocycles. The molecule has 0 aromatic rings. The zero-order valence-electron chi connectivity index (χ0n) is 25.2. The Bertz CT molecular complexity index is 748. The van der Waals surface area contributed by atoms with E-state index in [4.69, 9.17) is 10.8 Å². The number of amides is 3. The lowest BCUT2D eigenvalue weighted by Crippen LogP contribution is -2.40. The van der Waals surface area contributed by atoms with Crippen LogP contribution in [0.25, 0.3) is 0 Å². The molecule has 0 fully saturated rings. The SMILES string of the molecule is C[C@H](NC(=O)CCCCCCCC(=O)NCCCCCCCCCCCC(=O)N[C@@H](CCCCN)C(=O)O)C(=O)O. The zero-order chi connectivity index (χ0) is 30.7. The highest BCUT2D eigenvalue weighted by atomic mass is 16.4. The monoisotopic (exact) mass is 584 g/mol. The summed E-state index contributed by atoms with van der Waals surface area (Å²) in [6, 6.07) is -1.69. The number of carboxylic acids is 2. The molecule has 41 heavy (non-hydrogen) atoms. The molecule has 3 amide bonds. The van der Waals surface area contributed by atoms with Gasteiger partial charge in [-0.25, -0.2) is 4.79 Å². The lowest BCUT2D eigenvalue weighted by Gasteiger charge is -2.14. The molecule has 0 aliphatic carbocycles. The number of unbranched alkanes of at least 4 members (excludes halogenated alkanes) is 13. The number of nitrogens with two attached hydrogens (primary N) is 1. The number of nitrogens with one attached hydrogen (secondary N) is 3. The maximum atomic E-state index is 12.0. The molecule has 0 heterocycles. The van der Waals surface area contributed by atoms with Crippen LogP contribution in [-0.4, -0.2) is 65.0 Å². The zero-order valence-corrected chi connectivity index (χ0v) is 25.2. The molecule has 0 bridgehead atoms. The third kappa shape index (κ3) is 24.8. The molecule has 7 N–H and O–H groups in total. The number of carboxylic acid groups (broad SMARTS) is 2. The van der Waals surface area contributed by atoms with Gasteiger partial charge < -0.3 is 31.9 Å². The number of aliphatic carboxylic acids is 2. The molecular formula is C30H56N4O7. The first-order valence-corrected chi connectivity index (χ1v) is 15.7. The molecule has 0 saturated carbocycles. The van der Waals surface area contributed by atoms with Crippen LogP contribution in [0.15, 0.2) is 0 Å². The summed E-state index contributed by atoms with van der Waals surface area (Å²) in [6.45, 7) is 2.67. The molecule has 0 aliphatic heterocycles. The quantitative estimate of drug-likeness (QED) is 0.0744. The Balaban J connectivity index is 3.49. The van der Waals surface area contributed by atoms with Gasteiger partial charge in [-0.05, 0) is 58.4 Å². The minimum Gasteiger partial charge on any atom is -0.480 e. The summed E-state index contributed by atoms with van der Waals surface area (Å²) in [5.41, 5.74) is 5.43. The van der Waals surface area contributed by atoms with Crippen molar-refractivity contribution in [1.29, 1.82) is 0 Å². The van der Waals surface area contributed by atoms with Crippen LogP contribution in [0.5, 0.6) is 0 Å². The molecule has 11 nitrogen and oxygen atoms in total. The summed E-state index contributed by atoms with van der Waals surface area (Å²) in [5, 5.41) is 26.0. The molecule has 0 unspecified atom stereocenters. The summed E-state index contributed by atoms with van der Waals surface area (Å²) in [6.07, 6.45) is 16.9. The summed E-state index contributed by atoms with van der Waals surface area (Å²) in [5.74, 6) is -2.37. The van der Waals surface area contributed by atoms with Gasteiger partial charge in [-0.1, -0.05) is 64.2 Å². The Morgan fingerprint density at radius 2 is 1.00 bits per heavy atom. The summed E-state index contributed by atoms with van der Waals surface area (Å²) in [4.78, 5) is 57.5. The van der Waals surface area contributed by atoms with Crippen molar-refractivity contribution in [3.8, 4) is 0 Å². The first kappa shape index (κ1) is 38.3. The maximum absolute atomic E-state index is 12.0. The number of rotatable bonds is 28. The van der Waals surface area contributed by atoms with Gasteiger partial charge in [0.2, 0.25) is 17.7 Å². The van der Waals surface area contributed by atoms with Gasteiger partial charge >= 0.3 is 11.9 Å². The molecule has 0 rings (SSSR count). The van der Waals surface area contributed by atoms with Crippen molar-refractivity contribution < 1.29 is 34.2 Å². The number of hydrogen-bond donors (Lipinski definition) is 6. The van der Waals surface area contributed by atoms with Crippen LogP contribution in [-0.2, 0) is 24.0 Å². The van der Waals surface area contributed by atoms with E-state index in [0.29, 0.717) is 45.2 Å². The van der Waals surface area contributed by atoms with Gasteiger partial charge in [0, 0.05) is 25.8 Å². The second kappa shape index (κ2) is 26.2. The van der Waals surface area contributed by atoms with Gasteiger partial charge in [0.05, 0.1) is 0 Å². The highest BCUT2D eigenvalue weighted by Gasteiger charge is 2.19. The Kier molecular flexibility index (Phi) is 24.5. The molecule has 0 aromatic carbocycles. The third-order valence-corrected chi connectivity index (χ3v) is 7.04. The summed E-state index contributed by atoms with van der Waals surface area (Å²) >= 11 is 0. The van der Waals surface area contributed by atoms with Crippen LogP contribution in [0.2, 0.25) is 0 Å². The molecule has 238 valence electrons. The summed E-state index contributed by atoms with van der Waals surface area (Å²) in [7, 11) is 0. The Hall–Kier alpha value is -2.69. The lowest BCUT2D eigenvalue weighted by molar-refractivity contribution is -0.142. The fourth-order valence-corrected chi connectivity index (χ4v) is 4.46. The number of hydrogen-bond acceptors (Lipinski definition) is 6. The largest absolute Gasteiger partial charge is 0.480 e. The predicted molar refractivity (Wildman–Crippen MR) is 159 cm³/mol. The van der Waals surface area contributed by atoms with Crippen LogP contribution < -0.4 is 21.7 Å². The number of carbonyl (C=O) groups is 5. The van der Waals surface area contributed by atoms with Crippen molar-refractivity contribution in [3.63, 3.8) is 0 Å². The van der Waals surface area contributed by atoms with Crippen LogP contribution in [0.4, 0.5) is 0 Å². The van der Waals surface area contributed by atoms with E-state index < -0.39 is 24.0 Å². The highest BCUT2D eigenvalue weighted by Crippen LogP contribution is 2.11. The highest BCUT2D eigenvalue weighted by molar-refractivity contribution is 5.83. The maximum Gasteiger partial charge on any atom is 0.326 e. The van der Waals surface area contributed by atoms with Gasteiger partial charge in [0.15, 0.2) is 0 Å². The second-order valence-electron chi connectivity index (χ2n) is 10.9. The molecule has 11 heteroatoms. The molecule has 0 aliphatic rings. The Labute approximate surface area is 246 Å². The average Bonchev–Trinajstić information content (AvgIpc) is 2.92. The third-order valence-electron chi connectivity index (χ3n) is 7.04. The van der Waals surface area contributed by atoms with Crippen molar-refractivity contribution in [2.75, 3.05) is 13.1 Å². The molecule has 2 atom stereocenters. The normalized spacial score (nSPS) is 12.3. The average molecular weight is 585 g/mol. The summed E-state index contributed by atoms with van der Waals surface area (Å²) < 4.78 is 0. The Morgan fingerprint density at radius 3 is 1.46 bits per heavy atom.